The molecule has 0 heterocycles. The lowest BCUT2D eigenvalue weighted by atomic mass is 10.1. The predicted molar refractivity (Wildman–Crippen MR) is 75.1 cm³/mol. The normalized spacial score (nSPS) is 13.0. The lowest BCUT2D eigenvalue weighted by Gasteiger charge is -2.28. The molecule has 1 aromatic rings. The Morgan fingerprint density at radius 2 is 1.89 bits per heavy atom. The minimum Gasteiger partial charge on any atom is -0.480 e. The number of sulfonamides is 1. The van der Waals surface area contributed by atoms with Gasteiger partial charge in [0, 0.05) is 5.02 Å². The van der Waals surface area contributed by atoms with Gasteiger partial charge >= 0.3 is 5.97 Å². The van der Waals surface area contributed by atoms with E-state index in [1.807, 2.05) is 0 Å². The molecule has 0 spiro atoms. The maximum absolute atomic E-state index is 11.9. The zero-order valence-corrected chi connectivity index (χ0v) is 12.3. The van der Waals surface area contributed by atoms with Crippen LogP contribution in [0.5, 0.6) is 0 Å². The molecule has 0 aliphatic heterocycles. The Morgan fingerprint density at radius 1 is 1.37 bits per heavy atom. The molecule has 1 rings (SSSR count). The number of anilines is 1. The van der Waals surface area contributed by atoms with Crippen molar-refractivity contribution in [3.63, 3.8) is 0 Å². The summed E-state index contributed by atoms with van der Waals surface area (Å²) in [5, 5.41) is 9.68. The summed E-state index contributed by atoms with van der Waals surface area (Å²) in [6, 6.07) is 4.94. The third-order valence-electron chi connectivity index (χ3n) is 2.57. The molecule has 0 aliphatic rings. The molecule has 0 aromatic heterocycles. The Kier molecular flexibility index (Phi) is 5.20. The molecule has 1 aromatic carbocycles. The number of carboxylic acid groups (broad SMARTS) is 1. The van der Waals surface area contributed by atoms with Crippen molar-refractivity contribution in [2.75, 3.05) is 10.6 Å². The molecule has 0 bridgehead atoms. The zero-order chi connectivity index (χ0) is 14.6. The average Bonchev–Trinajstić information content (AvgIpc) is 2.29. The van der Waals surface area contributed by atoms with Crippen LogP contribution in [-0.2, 0) is 14.8 Å². The minimum absolute atomic E-state index is 0.241. The summed E-state index contributed by atoms with van der Waals surface area (Å²) >= 11 is 5.75. The van der Waals surface area contributed by atoms with Gasteiger partial charge in [0.15, 0.2) is 0 Å². The van der Waals surface area contributed by atoms with Gasteiger partial charge in [-0.1, -0.05) is 24.9 Å². The van der Waals surface area contributed by atoms with E-state index >= 15 is 0 Å². The monoisotopic (exact) mass is 305 g/mol. The summed E-state index contributed by atoms with van der Waals surface area (Å²) in [4.78, 5) is 11.3. The molecule has 0 amide bonds. The number of carboxylic acids is 1. The van der Waals surface area contributed by atoms with Crippen LogP contribution >= 0.6 is 11.6 Å². The van der Waals surface area contributed by atoms with E-state index in [0.29, 0.717) is 17.1 Å². The molecule has 0 aliphatic carbocycles. The van der Waals surface area contributed by atoms with Crippen molar-refractivity contribution in [2.24, 2.45) is 0 Å². The molecular formula is C12H16ClNO4S. The second-order valence-electron chi connectivity index (χ2n) is 4.18. The topological polar surface area (TPSA) is 74.7 Å². The van der Waals surface area contributed by atoms with Crippen LogP contribution in [0.1, 0.15) is 19.8 Å². The first kappa shape index (κ1) is 15.8. The van der Waals surface area contributed by atoms with Crippen molar-refractivity contribution in [3.8, 4) is 0 Å². The maximum Gasteiger partial charge on any atom is 0.327 e. The summed E-state index contributed by atoms with van der Waals surface area (Å²) < 4.78 is 24.7. The molecule has 0 radical (unpaired) electrons. The standard InChI is InChI=1S/C12H16ClNO4S/c1-3-4-11(12(15)16)14(19(2,17)18)10-7-5-9(13)6-8-10/h5-8,11H,3-4H2,1-2H3,(H,15,16). The van der Waals surface area contributed by atoms with Crippen LogP contribution in [0.2, 0.25) is 5.02 Å². The molecule has 106 valence electrons. The number of benzene rings is 1. The van der Waals surface area contributed by atoms with Gasteiger partial charge in [0.25, 0.3) is 0 Å². The van der Waals surface area contributed by atoms with Crippen LogP contribution in [-0.4, -0.2) is 31.8 Å². The van der Waals surface area contributed by atoms with Crippen LogP contribution in [0.15, 0.2) is 24.3 Å². The molecule has 0 saturated heterocycles. The number of nitrogens with zero attached hydrogens (tertiary/aromatic N) is 1. The molecule has 1 unspecified atom stereocenters. The SMILES string of the molecule is CCCC(C(=O)O)N(c1ccc(Cl)cc1)S(C)(=O)=O. The third-order valence-corrected chi connectivity index (χ3v) is 4.00. The molecule has 1 atom stereocenters. The molecule has 1 N–H and O–H groups in total. The van der Waals surface area contributed by atoms with E-state index in [-0.39, 0.29) is 6.42 Å². The van der Waals surface area contributed by atoms with Gasteiger partial charge in [-0.05, 0) is 30.7 Å². The number of aliphatic carboxylic acids is 1. The highest BCUT2D eigenvalue weighted by atomic mass is 35.5. The highest BCUT2D eigenvalue weighted by Crippen LogP contribution is 2.24. The zero-order valence-electron chi connectivity index (χ0n) is 10.7. The Balaban J connectivity index is 3.29. The Labute approximate surface area is 117 Å². The van der Waals surface area contributed by atoms with Crippen molar-refractivity contribution >= 4 is 33.3 Å². The van der Waals surface area contributed by atoms with E-state index in [9.17, 15) is 18.3 Å². The van der Waals surface area contributed by atoms with Gasteiger partial charge in [0.05, 0.1) is 11.9 Å². The maximum atomic E-state index is 11.9. The van der Waals surface area contributed by atoms with Crippen LogP contribution in [0.3, 0.4) is 0 Å². The second-order valence-corrected chi connectivity index (χ2v) is 6.47. The van der Waals surface area contributed by atoms with E-state index in [4.69, 9.17) is 11.6 Å². The Morgan fingerprint density at radius 3 is 2.26 bits per heavy atom. The smallest absolute Gasteiger partial charge is 0.327 e. The lowest BCUT2D eigenvalue weighted by Crippen LogP contribution is -2.44. The highest BCUT2D eigenvalue weighted by molar-refractivity contribution is 7.92. The Bertz CT molecular complexity index is 541. The highest BCUT2D eigenvalue weighted by Gasteiger charge is 2.31. The van der Waals surface area contributed by atoms with Crippen LogP contribution < -0.4 is 4.31 Å². The minimum atomic E-state index is -3.69. The second kappa shape index (κ2) is 6.25. The van der Waals surface area contributed by atoms with Crippen molar-refractivity contribution in [2.45, 2.75) is 25.8 Å². The predicted octanol–water partition coefficient (Wildman–Crippen LogP) is 2.36. The van der Waals surface area contributed by atoms with Crippen LogP contribution in [0, 0.1) is 0 Å². The van der Waals surface area contributed by atoms with Gasteiger partial charge in [-0.25, -0.2) is 13.2 Å². The van der Waals surface area contributed by atoms with E-state index in [1.54, 1.807) is 6.92 Å². The van der Waals surface area contributed by atoms with Crippen molar-refractivity contribution in [1.29, 1.82) is 0 Å². The third kappa shape index (κ3) is 4.11. The lowest BCUT2D eigenvalue weighted by molar-refractivity contribution is -0.138. The fourth-order valence-electron chi connectivity index (χ4n) is 1.81. The summed E-state index contributed by atoms with van der Waals surface area (Å²) in [7, 11) is -3.69. The van der Waals surface area contributed by atoms with Gasteiger partial charge in [-0.15, -0.1) is 0 Å². The quantitative estimate of drug-likeness (QED) is 0.875. The number of carbonyl (C=O) groups is 1. The van der Waals surface area contributed by atoms with Gasteiger partial charge in [-0.2, -0.15) is 0 Å². The van der Waals surface area contributed by atoms with Crippen LogP contribution in [0.4, 0.5) is 5.69 Å². The van der Waals surface area contributed by atoms with Gasteiger partial charge in [-0.3, -0.25) is 4.31 Å². The van der Waals surface area contributed by atoms with Crippen molar-refractivity contribution in [3.05, 3.63) is 29.3 Å². The first-order valence-electron chi connectivity index (χ1n) is 5.75. The fourth-order valence-corrected chi connectivity index (χ4v) is 3.09. The largest absolute Gasteiger partial charge is 0.480 e. The van der Waals surface area contributed by atoms with E-state index < -0.39 is 22.0 Å². The molecule has 19 heavy (non-hydrogen) atoms. The van der Waals surface area contributed by atoms with E-state index in [0.717, 1.165) is 10.6 Å². The Hall–Kier alpha value is -1.27. The summed E-state index contributed by atoms with van der Waals surface area (Å²) in [5.74, 6) is -1.16. The van der Waals surface area contributed by atoms with Crippen molar-refractivity contribution < 1.29 is 18.3 Å². The van der Waals surface area contributed by atoms with Gasteiger partial charge in [0.1, 0.15) is 6.04 Å². The fraction of sp³-hybridized carbons (Fsp3) is 0.417. The van der Waals surface area contributed by atoms with Gasteiger partial charge in [0.2, 0.25) is 10.0 Å². The molecule has 0 saturated carbocycles. The summed E-state index contributed by atoms with van der Waals surface area (Å²) in [6.45, 7) is 1.80. The average molecular weight is 306 g/mol. The molecule has 0 fully saturated rings. The van der Waals surface area contributed by atoms with E-state index in [2.05, 4.69) is 0 Å². The first-order chi connectivity index (χ1) is 8.77. The summed E-state index contributed by atoms with van der Waals surface area (Å²) in [5.41, 5.74) is 0.299. The molecular weight excluding hydrogens is 290 g/mol. The number of hydrogen-bond donors (Lipinski definition) is 1. The van der Waals surface area contributed by atoms with Gasteiger partial charge < -0.3 is 5.11 Å². The summed E-state index contributed by atoms with van der Waals surface area (Å²) in [6.07, 6.45) is 1.80. The van der Waals surface area contributed by atoms with E-state index in [1.165, 1.54) is 24.3 Å². The molecule has 7 heteroatoms. The number of halogens is 1. The first-order valence-corrected chi connectivity index (χ1v) is 7.97. The van der Waals surface area contributed by atoms with Crippen LogP contribution in [0.25, 0.3) is 0 Å². The molecule has 5 nitrogen and oxygen atoms in total. The number of rotatable bonds is 6. The number of hydrogen-bond acceptors (Lipinski definition) is 3. The van der Waals surface area contributed by atoms with Crippen molar-refractivity contribution in [1.82, 2.24) is 0 Å².